The molecule has 128 valence electrons. The van der Waals surface area contributed by atoms with E-state index in [0.29, 0.717) is 40.8 Å². The van der Waals surface area contributed by atoms with Gasteiger partial charge in [-0.1, -0.05) is 0 Å². The molecule has 3 aromatic rings. The van der Waals surface area contributed by atoms with Crippen molar-refractivity contribution in [2.24, 2.45) is 0 Å². The van der Waals surface area contributed by atoms with Crippen LogP contribution in [-0.4, -0.2) is 40.7 Å². The van der Waals surface area contributed by atoms with E-state index in [2.05, 4.69) is 26.0 Å². The monoisotopic (exact) mass is 342 g/mol. The second-order valence-electron chi connectivity index (χ2n) is 5.44. The minimum Gasteiger partial charge on any atom is -0.490 e. The third kappa shape index (κ3) is 2.69. The first kappa shape index (κ1) is 15.2. The molecule has 0 aliphatic carbocycles. The molecule has 3 N–H and O–H groups in total. The number of halogens is 1. The highest BCUT2D eigenvalue weighted by atomic mass is 19.1. The van der Waals surface area contributed by atoms with E-state index in [-0.39, 0.29) is 12.5 Å². The number of ether oxygens (including phenoxy) is 1. The smallest absolute Gasteiger partial charge is 0.256 e. The molecule has 2 aromatic heterocycles. The number of hydrogen-bond donors (Lipinski definition) is 3. The Labute approximate surface area is 142 Å². The zero-order chi connectivity index (χ0) is 17.4. The second kappa shape index (κ2) is 5.93. The third-order valence-corrected chi connectivity index (χ3v) is 3.82. The van der Waals surface area contributed by atoms with Crippen molar-refractivity contribution in [1.82, 2.24) is 19.9 Å². The Morgan fingerprint density at radius 2 is 2.24 bits per heavy atom. The summed E-state index contributed by atoms with van der Waals surface area (Å²) in [6.07, 6.45) is 1.46. The molecule has 9 heteroatoms. The average Bonchev–Trinajstić information content (AvgIpc) is 3.02. The molecule has 3 heterocycles. The first-order valence-corrected chi connectivity index (χ1v) is 7.70. The average molecular weight is 342 g/mol. The zero-order valence-electron chi connectivity index (χ0n) is 13.3. The quantitative estimate of drug-likeness (QED) is 0.624. The van der Waals surface area contributed by atoms with Crippen LogP contribution < -0.4 is 20.7 Å². The summed E-state index contributed by atoms with van der Waals surface area (Å²) >= 11 is 0. The Bertz CT molecular complexity index is 971. The summed E-state index contributed by atoms with van der Waals surface area (Å²) in [6.45, 7) is 0.547. The van der Waals surface area contributed by atoms with Crippen LogP contribution in [0.4, 0.5) is 21.7 Å². The first-order chi connectivity index (χ1) is 12.2. The Morgan fingerprint density at radius 3 is 3.08 bits per heavy atom. The summed E-state index contributed by atoms with van der Waals surface area (Å²) in [6, 6.07) is 5.90. The molecule has 0 radical (unpaired) electrons. The molecule has 1 amide bonds. The van der Waals surface area contributed by atoms with Gasteiger partial charge in [-0.15, -0.1) is 0 Å². The molecule has 8 nitrogen and oxygen atoms in total. The summed E-state index contributed by atoms with van der Waals surface area (Å²) < 4.78 is 20.8. The van der Waals surface area contributed by atoms with Crippen molar-refractivity contribution in [1.29, 1.82) is 0 Å². The summed E-state index contributed by atoms with van der Waals surface area (Å²) in [5, 5.41) is 13.0. The summed E-state index contributed by atoms with van der Waals surface area (Å²) in [7, 11) is 1.74. The SMILES string of the molecule is CNc1cc2nc3c(cnn13)C(=O)NCCOc1ccc(F)cc1N2. The van der Waals surface area contributed by atoms with Gasteiger partial charge in [0.15, 0.2) is 5.65 Å². The molecule has 1 aliphatic rings. The number of fused-ring (bicyclic) bond motifs is 2. The lowest BCUT2D eigenvalue weighted by Crippen LogP contribution is -2.28. The van der Waals surface area contributed by atoms with Crippen LogP contribution in [0.15, 0.2) is 30.5 Å². The molecule has 25 heavy (non-hydrogen) atoms. The maximum Gasteiger partial charge on any atom is 0.256 e. The van der Waals surface area contributed by atoms with Crippen molar-refractivity contribution < 1.29 is 13.9 Å². The van der Waals surface area contributed by atoms with Crippen LogP contribution >= 0.6 is 0 Å². The number of benzene rings is 1. The molecule has 1 aliphatic heterocycles. The fraction of sp³-hybridized carbons (Fsp3) is 0.188. The van der Waals surface area contributed by atoms with Gasteiger partial charge in [-0.05, 0) is 12.1 Å². The molecule has 0 unspecified atom stereocenters. The molecule has 0 atom stereocenters. The summed E-state index contributed by atoms with van der Waals surface area (Å²) in [5.41, 5.74) is 1.19. The fourth-order valence-electron chi connectivity index (χ4n) is 2.65. The predicted molar refractivity (Wildman–Crippen MR) is 90.0 cm³/mol. The van der Waals surface area contributed by atoms with E-state index in [9.17, 15) is 9.18 Å². The van der Waals surface area contributed by atoms with Gasteiger partial charge in [0.25, 0.3) is 5.91 Å². The predicted octanol–water partition coefficient (Wildman–Crippen LogP) is 1.78. The van der Waals surface area contributed by atoms with E-state index in [4.69, 9.17) is 4.74 Å². The van der Waals surface area contributed by atoms with Crippen molar-refractivity contribution in [3.8, 4) is 5.75 Å². The van der Waals surface area contributed by atoms with Crippen molar-refractivity contribution in [2.45, 2.75) is 0 Å². The van der Waals surface area contributed by atoms with Gasteiger partial charge in [0.05, 0.1) is 18.4 Å². The van der Waals surface area contributed by atoms with E-state index in [0.717, 1.165) is 0 Å². The highest BCUT2D eigenvalue weighted by Crippen LogP contribution is 2.29. The van der Waals surface area contributed by atoms with Crippen LogP contribution in [0.1, 0.15) is 10.4 Å². The number of amides is 1. The van der Waals surface area contributed by atoms with Crippen LogP contribution in [0.5, 0.6) is 5.75 Å². The molecular formula is C16H15FN6O2. The van der Waals surface area contributed by atoms with Gasteiger partial charge < -0.3 is 20.7 Å². The lowest BCUT2D eigenvalue weighted by molar-refractivity contribution is 0.0948. The molecule has 0 spiro atoms. The molecular weight excluding hydrogens is 327 g/mol. The molecule has 4 rings (SSSR count). The van der Waals surface area contributed by atoms with Gasteiger partial charge in [0.1, 0.15) is 35.4 Å². The molecule has 1 aromatic carbocycles. The van der Waals surface area contributed by atoms with Crippen molar-refractivity contribution in [3.63, 3.8) is 0 Å². The first-order valence-electron chi connectivity index (χ1n) is 7.70. The van der Waals surface area contributed by atoms with Crippen molar-refractivity contribution in [3.05, 3.63) is 41.8 Å². The van der Waals surface area contributed by atoms with Crippen molar-refractivity contribution >= 4 is 28.9 Å². The van der Waals surface area contributed by atoms with Gasteiger partial charge in [0, 0.05) is 19.2 Å². The van der Waals surface area contributed by atoms with Crippen LogP contribution in [-0.2, 0) is 0 Å². The lowest BCUT2D eigenvalue weighted by Gasteiger charge is -2.15. The van der Waals surface area contributed by atoms with Gasteiger partial charge in [-0.3, -0.25) is 4.79 Å². The number of nitrogens with one attached hydrogen (secondary N) is 3. The minimum absolute atomic E-state index is 0.250. The third-order valence-electron chi connectivity index (χ3n) is 3.82. The second-order valence-corrected chi connectivity index (χ2v) is 5.44. The van der Waals surface area contributed by atoms with E-state index >= 15 is 0 Å². The van der Waals surface area contributed by atoms with Crippen LogP contribution in [0.2, 0.25) is 0 Å². The Morgan fingerprint density at radius 1 is 1.36 bits per heavy atom. The maximum absolute atomic E-state index is 13.6. The number of anilines is 3. The summed E-state index contributed by atoms with van der Waals surface area (Å²) in [5.74, 6) is 0.850. The highest BCUT2D eigenvalue weighted by molar-refractivity contribution is 6.00. The van der Waals surface area contributed by atoms with E-state index in [1.165, 1.54) is 28.9 Å². The van der Waals surface area contributed by atoms with E-state index in [1.54, 1.807) is 13.1 Å². The zero-order valence-corrected chi connectivity index (χ0v) is 13.3. The van der Waals surface area contributed by atoms with Gasteiger partial charge in [-0.2, -0.15) is 9.61 Å². The fourth-order valence-corrected chi connectivity index (χ4v) is 2.65. The van der Waals surface area contributed by atoms with Gasteiger partial charge >= 0.3 is 0 Å². The topological polar surface area (TPSA) is 92.6 Å². The normalized spacial score (nSPS) is 13.9. The number of nitrogens with zero attached hydrogens (tertiary/aromatic N) is 3. The molecule has 0 fully saturated rings. The largest absolute Gasteiger partial charge is 0.490 e. The Balaban J connectivity index is 1.91. The minimum atomic E-state index is -0.393. The number of hydrogen-bond acceptors (Lipinski definition) is 6. The van der Waals surface area contributed by atoms with Gasteiger partial charge in [-0.25, -0.2) is 9.37 Å². The van der Waals surface area contributed by atoms with Crippen LogP contribution in [0.3, 0.4) is 0 Å². The lowest BCUT2D eigenvalue weighted by atomic mass is 10.2. The maximum atomic E-state index is 13.6. The number of carbonyl (C=O) groups excluding carboxylic acids is 1. The molecule has 2 bridgehead atoms. The standard InChI is InChI=1S/C16H15FN6O2/c1-18-14-7-13-21-11-6-9(17)2-3-12(11)25-5-4-19-16(24)10-8-20-23(14)15(10)22-13/h2-3,6-8,18H,4-5H2,1H3,(H,19,24)(H,21,22). The van der Waals surface area contributed by atoms with E-state index in [1.807, 2.05) is 0 Å². The van der Waals surface area contributed by atoms with Crippen LogP contribution in [0, 0.1) is 5.82 Å². The number of rotatable bonds is 1. The van der Waals surface area contributed by atoms with Gasteiger partial charge in [0.2, 0.25) is 0 Å². The molecule has 0 saturated carbocycles. The number of carbonyl (C=O) groups is 1. The summed E-state index contributed by atoms with van der Waals surface area (Å²) in [4.78, 5) is 16.8. The Kier molecular flexibility index (Phi) is 3.60. The van der Waals surface area contributed by atoms with E-state index < -0.39 is 5.82 Å². The Hall–Kier alpha value is -3.36. The van der Waals surface area contributed by atoms with Crippen LogP contribution in [0.25, 0.3) is 5.65 Å². The highest BCUT2D eigenvalue weighted by Gasteiger charge is 2.18. The van der Waals surface area contributed by atoms with Crippen molar-refractivity contribution in [2.75, 3.05) is 30.8 Å². The molecule has 0 saturated heterocycles. The number of aromatic nitrogens is 3.